The monoisotopic (exact) mass is 249 g/mol. The molecule has 1 aliphatic rings. The summed E-state index contributed by atoms with van der Waals surface area (Å²) in [6, 6.07) is 3.75. The highest BCUT2D eigenvalue weighted by Gasteiger charge is 2.21. The van der Waals surface area contributed by atoms with Gasteiger partial charge < -0.3 is 4.90 Å². The van der Waals surface area contributed by atoms with Crippen LogP contribution in [0, 0.1) is 17.2 Å². The maximum Gasteiger partial charge on any atom is 0.148 e. The molecule has 3 nitrogen and oxygen atoms in total. The number of anilines is 1. The van der Waals surface area contributed by atoms with E-state index in [2.05, 4.69) is 22.9 Å². The molecule has 2 heterocycles. The maximum atomic E-state index is 8.94. The Balaban J connectivity index is 2.16. The smallest absolute Gasteiger partial charge is 0.148 e. The van der Waals surface area contributed by atoms with Crippen molar-refractivity contribution in [3.05, 3.63) is 22.8 Å². The molecule has 2 rings (SSSR count). The Kier molecular flexibility index (Phi) is 3.86. The Hall–Kier alpha value is -1.27. The van der Waals surface area contributed by atoms with Crippen molar-refractivity contribution in [3.8, 4) is 6.07 Å². The zero-order chi connectivity index (χ0) is 12.3. The highest BCUT2D eigenvalue weighted by atomic mass is 35.5. The van der Waals surface area contributed by atoms with Gasteiger partial charge in [-0.2, -0.15) is 5.26 Å². The van der Waals surface area contributed by atoms with Gasteiger partial charge >= 0.3 is 0 Å². The molecule has 4 heteroatoms. The van der Waals surface area contributed by atoms with Crippen LogP contribution in [-0.2, 0) is 0 Å². The summed E-state index contributed by atoms with van der Waals surface area (Å²) < 4.78 is 0. The van der Waals surface area contributed by atoms with E-state index in [1.54, 1.807) is 12.3 Å². The average Bonchev–Trinajstić information content (AvgIpc) is 2.39. The molecule has 0 atom stereocenters. The first-order valence-electron chi connectivity index (χ1n) is 6.05. The second kappa shape index (κ2) is 5.37. The van der Waals surface area contributed by atoms with E-state index in [4.69, 9.17) is 16.9 Å². The number of hydrogen-bond acceptors (Lipinski definition) is 3. The fourth-order valence-electron chi connectivity index (χ4n) is 2.29. The van der Waals surface area contributed by atoms with Gasteiger partial charge in [0, 0.05) is 19.3 Å². The molecule has 0 spiro atoms. The molecule has 0 N–H and O–H groups in total. The molecule has 0 saturated carbocycles. The number of rotatable bonds is 2. The first kappa shape index (κ1) is 12.2. The molecule has 0 bridgehead atoms. The number of piperidine rings is 1. The molecule has 1 fully saturated rings. The number of hydrogen-bond donors (Lipinski definition) is 0. The van der Waals surface area contributed by atoms with Gasteiger partial charge in [-0.1, -0.05) is 24.9 Å². The van der Waals surface area contributed by atoms with Crippen LogP contribution in [0.3, 0.4) is 0 Å². The van der Waals surface area contributed by atoms with Crippen molar-refractivity contribution in [2.75, 3.05) is 18.0 Å². The van der Waals surface area contributed by atoms with E-state index in [0.717, 1.165) is 24.8 Å². The minimum absolute atomic E-state index is 0.491. The number of halogens is 1. The van der Waals surface area contributed by atoms with Crippen molar-refractivity contribution in [1.82, 2.24) is 4.98 Å². The summed E-state index contributed by atoms with van der Waals surface area (Å²) in [4.78, 5) is 6.49. The standard InChI is InChI=1S/C13H16ClN3/c1-2-10-4-7-17(8-5-10)13-12(14)11(9-15)3-6-16-13/h3,6,10H,2,4-5,7-8H2,1H3. The predicted octanol–water partition coefficient (Wildman–Crippen LogP) is 3.23. The van der Waals surface area contributed by atoms with E-state index in [1.165, 1.54) is 19.3 Å². The molecule has 1 saturated heterocycles. The SMILES string of the molecule is CCC1CCN(c2nccc(C#N)c2Cl)CC1. The Morgan fingerprint density at radius 3 is 2.82 bits per heavy atom. The van der Waals surface area contributed by atoms with Gasteiger partial charge in [-0.15, -0.1) is 0 Å². The Bertz CT molecular complexity index is 431. The van der Waals surface area contributed by atoms with E-state index >= 15 is 0 Å². The fourth-order valence-corrected chi connectivity index (χ4v) is 2.57. The van der Waals surface area contributed by atoms with Crippen molar-refractivity contribution >= 4 is 17.4 Å². The second-order valence-corrected chi connectivity index (χ2v) is 4.82. The Morgan fingerprint density at radius 1 is 1.53 bits per heavy atom. The summed E-state index contributed by atoms with van der Waals surface area (Å²) in [5, 5.41) is 9.43. The van der Waals surface area contributed by atoms with Gasteiger partial charge in [0.1, 0.15) is 16.9 Å². The third-order valence-electron chi connectivity index (χ3n) is 3.48. The van der Waals surface area contributed by atoms with Crippen LogP contribution in [0.2, 0.25) is 5.02 Å². The normalized spacial score (nSPS) is 16.9. The van der Waals surface area contributed by atoms with Crippen molar-refractivity contribution in [2.24, 2.45) is 5.92 Å². The van der Waals surface area contributed by atoms with Crippen molar-refractivity contribution in [3.63, 3.8) is 0 Å². The molecule has 0 radical (unpaired) electrons. The molecular formula is C13H16ClN3. The van der Waals surface area contributed by atoms with E-state index in [1.807, 2.05) is 0 Å². The Labute approximate surface area is 107 Å². The quantitative estimate of drug-likeness (QED) is 0.808. The fraction of sp³-hybridized carbons (Fsp3) is 0.538. The van der Waals surface area contributed by atoms with Gasteiger partial charge in [-0.05, 0) is 24.8 Å². The summed E-state index contributed by atoms with van der Waals surface area (Å²) in [7, 11) is 0. The molecule has 1 aromatic heterocycles. The van der Waals surface area contributed by atoms with Gasteiger partial charge in [-0.25, -0.2) is 4.98 Å². The zero-order valence-corrected chi connectivity index (χ0v) is 10.7. The molecule has 17 heavy (non-hydrogen) atoms. The predicted molar refractivity (Wildman–Crippen MR) is 69.2 cm³/mol. The lowest BCUT2D eigenvalue weighted by molar-refractivity contribution is 0.394. The largest absolute Gasteiger partial charge is 0.355 e. The van der Waals surface area contributed by atoms with E-state index < -0.39 is 0 Å². The van der Waals surface area contributed by atoms with Crippen LogP contribution in [-0.4, -0.2) is 18.1 Å². The second-order valence-electron chi connectivity index (χ2n) is 4.45. The molecule has 1 aromatic rings. The summed E-state index contributed by atoms with van der Waals surface area (Å²) in [6.07, 6.45) is 5.27. The highest BCUT2D eigenvalue weighted by molar-refractivity contribution is 6.34. The minimum atomic E-state index is 0.491. The van der Waals surface area contributed by atoms with Crippen LogP contribution < -0.4 is 4.90 Å². The Morgan fingerprint density at radius 2 is 2.24 bits per heavy atom. The van der Waals surface area contributed by atoms with Crippen molar-refractivity contribution in [1.29, 1.82) is 5.26 Å². The lowest BCUT2D eigenvalue weighted by Crippen LogP contribution is -2.34. The highest BCUT2D eigenvalue weighted by Crippen LogP contribution is 2.30. The van der Waals surface area contributed by atoms with E-state index in [0.29, 0.717) is 10.6 Å². The lowest BCUT2D eigenvalue weighted by Gasteiger charge is -2.32. The third kappa shape index (κ3) is 2.53. The molecule has 0 aromatic carbocycles. The summed E-state index contributed by atoms with van der Waals surface area (Å²) >= 11 is 6.19. The first-order chi connectivity index (χ1) is 8.26. The van der Waals surface area contributed by atoms with Crippen LogP contribution in [0.15, 0.2) is 12.3 Å². The van der Waals surface area contributed by atoms with E-state index in [9.17, 15) is 0 Å². The van der Waals surface area contributed by atoms with Gasteiger partial charge in [0.25, 0.3) is 0 Å². The number of pyridine rings is 1. The average molecular weight is 250 g/mol. The van der Waals surface area contributed by atoms with Crippen LogP contribution in [0.5, 0.6) is 0 Å². The van der Waals surface area contributed by atoms with Gasteiger partial charge in [0.05, 0.1) is 5.56 Å². The zero-order valence-electron chi connectivity index (χ0n) is 9.99. The van der Waals surface area contributed by atoms with Crippen LogP contribution in [0.1, 0.15) is 31.7 Å². The topological polar surface area (TPSA) is 39.9 Å². The lowest BCUT2D eigenvalue weighted by atomic mass is 9.94. The maximum absolute atomic E-state index is 8.94. The number of nitriles is 1. The summed E-state index contributed by atoms with van der Waals surface area (Å²) in [5.41, 5.74) is 0.509. The minimum Gasteiger partial charge on any atom is -0.355 e. The molecule has 90 valence electrons. The van der Waals surface area contributed by atoms with Gasteiger partial charge in [-0.3, -0.25) is 0 Å². The number of nitrogens with zero attached hydrogens (tertiary/aromatic N) is 3. The molecule has 1 aliphatic heterocycles. The number of aromatic nitrogens is 1. The molecular weight excluding hydrogens is 234 g/mol. The van der Waals surface area contributed by atoms with Gasteiger partial charge in [0.15, 0.2) is 0 Å². The summed E-state index contributed by atoms with van der Waals surface area (Å²) in [5.74, 6) is 1.59. The third-order valence-corrected chi connectivity index (χ3v) is 3.86. The molecule has 0 aliphatic carbocycles. The van der Waals surface area contributed by atoms with Crippen LogP contribution >= 0.6 is 11.6 Å². The van der Waals surface area contributed by atoms with E-state index in [-0.39, 0.29) is 0 Å². The summed E-state index contributed by atoms with van der Waals surface area (Å²) in [6.45, 7) is 4.21. The first-order valence-corrected chi connectivity index (χ1v) is 6.43. The van der Waals surface area contributed by atoms with Crippen LogP contribution in [0.4, 0.5) is 5.82 Å². The molecule has 0 unspecified atom stereocenters. The van der Waals surface area contributed by atoms with Crippen molar-refractivity contribution in [2.45, 2.75) is 26.2 Å². The molecule has 0 amide bonds. The van der Waals surface area contributed by atoms with Gasteiger partial charge in [0.2, 0.25) is 0 Å². The van der Waals surface area contributed by atoms with Crippen LogP contribution in [0.25, 0.3) is 0 Å². The van der Waals surface area contributed by atoms with Crippen molar-refractivity contribution < 1.29 is 0 Å².